The molecule has 0 aliphatic rings. The molecule has 3 rings (SSSR count). The SMILES string of the molecule is Cc1c(C(N)=O)c(-c2ccsc2)c(C)n1CCc1cccs1. The summed E-state index contributed by atoms with van der Waals surface area (Å²) in [6.07, 6.45) is 0.968. The van der Waals surface area contributed by atoms with Gasteiger partial charge in [0.2, 0.25) is 0 Å². The molecule has 0 bridgehead atoms. The predicted molar refractivity (Wildman–Crippen MR) is 93.8 cm³/mol. The Morgan fingerprint density at radius 1 is 1.23 bits per heavy atom. The van der Waals surface area contributed by atoms with Crippen molar-refractivity contribution in [1.29, 1.82) is 0 Å². The zero-order valence-electron chi connectivity index (χ0n) is 12.6. The minimum absolute atomic E-state index is 0.350. The molecular weight excluding hydrogens is 312 g/mol. The van der Waals surface area contributed by atoms with E-state index in [1.54, 1.807) is 22.7 Å². The van der Waals surface area contributed by atoms with Crippen molar-refractivity contribution in [3.63, 3.8) is 0 Å². The smallest absolute Gasteiger partial charge is 0.251 e. The molecule has 5 heteroatoms. The molecule has 1 amide bonds. The average Bonchev–Trinajstić information content (AvgIpc) is 3.19. The maximum atomic E-state index is 12.0. The first kappa shape index (κ1) is 15.1. The van der Waals surface area contributed by atoms with E-state index in [1.807, 2.05) is 18.4 Å². The molecule has 0 saturated heterocycles. The van der Waals surface area contributed by atoms with Gasteiger partial charge < -0.3 is 10.3 Å². The second-order valence-corrected chi connectivity index (χ2v) is 7.09. The fourth-order valence-electron chi connectivity index (χ4n) is 2.96. The van der Waals surface area contributed by atoms with Crippen molar-refractivity contribution in [2.24, 2.45) is 5.73 Å². The van der Waals surface area contributed by atoms with Crippen molar-refractivity contribution in [3.8, 4) is 11.1 Å². The highest BCUT2D eigenvalue weighted by Crippen LogP contribution is 2.33. The summed E-state index contributed by atoms with van der Waals surface area (Å²) >= 11 is 3.40. The van der Waals surface area contributed by atoms with E-state index in [2.05, 4.69) is 34.4 Å². The Balaban J connectivity index is 2.04. The molecule has 0 aromatic carbocycles. The van der Waals surface area contributed by atoms with Gasteiger partial charge in [-0.1, -0.05) is 6.07 Å². The molecule has 0 aliphatic carbocycles. The van der Waals surface area contributed by atoms with Gasteiger partial charge in [0.05, 0.1) is 5.56 Å². The number of amides is 1. The van der Waals surface area contributed by atoms with Gasteiger partial charge in [0.15, 0.2) is 0 Å². The van der Waals surface area contributed by atoms with Crippen molar-refractivity contribution in [2.75, 3.05) is 0 Å². The summed E-state index contributed by atoms with van der Waals surface area (Å²) in [5.74, 6) is -0.350. The molecule has 2 N–H and O–H groups in total. The van der Waals surface area contributed by atoms with Crippen molar-refractivity contribution < 1.29 is 4.79 Å². The fourth-order valence-corrected chi connectivity index (χ4v) is 4.30. The van der Waals surface area contributed by atoms with Gasteiger partial charge in [-0.25, -0.2) is 0 Å². The average molecular weight is 330 g/mol. The highest BCUT2D eigenvalue weighted by molar-refractivity contribution is 7.09. The Morgan fingerprint density at radius 3 is 2.64 bits per heavy atom. The highest BCUT2D eigenvalue weighted by Gasteiger charge is 2.22. The van der Waals surface area contributed by atoms with E-state index in [0.29, 0.717) is 5.56 Å². The molecule has 3 aromatic heterocycles. The van der Waals surface area contributed by atoms with Gasteiger partial charge in [-0.2, -0.15) is 11.3 Å². The molecule has 0 unspecified atom stereocenters. The van der Waals surface area contributed by atoms with E-state index < -0.39 is 0 Å². The molecule has 0 radical (unpaired) electrons. The summed E-state index contributed by atoms with van der Waals surface area (Å²) in [7, 11) is 0. The Labute approximate surface area is 138 Å². The van der Waals surface area contributed by atoms with Crippen molar-refractivity contribution in [1.82, 2.24) is 4.57 Å². The number of hydrogen-bond donors (Lipinski definition) is 1. The fraction of sp³-hybridized carbons (Fsp3) is 0.235. The van der Waals surface area contributed by atoms with Crippen LogP contribution in [0.3, 0.4) is 0 Å². The van der Waals surface area contributed by atoms with Gasteiger partial charge in [0.25, 0.3) is 5.91 Å². The molecule has 0 saturated carbocycles. The van der Waals surface area contributed by atoms with E-state index in [1.165, 1.54) is 4.88 Å². The number of carbonyl (C=O) groups is 1. The maximum absolute atomic E-state index is 12.0. The number of nitrogens with zero attached hydrogens (tertiary/aromatic N) is 1. The standard InChI is InChI=1S/C17H18N2OS2/c1-11-15(13-6-9-21-10-13)16(17(18)20)12(2)19(11)7-5-14-4-3-8-22-14/h3-4,6,8-10H,5,7H2,1-2H3,(H2,18,20). The number of hydrogen-bond acceptors (Lipinski definition) is 3. The summed E-state index contributed by atoms with van der Waals surface area (Å²) in [5, 5.41) is 6.19. The lowest BCUT2D eigenvalue weighted by Gasteiger charge is -2.08. The molecule has 3 aromatic rings. The lowest BCUT2D eigenvalue weighted by atomic mass is 10.0. The monoisotopic (exact) mass is 330 g/mol. The quantitative estimate of drug-likeness (QED) is 0.747. The molecule has 0 atom stereocenters. The Kier molecular flexibility index (Phi) is 4.18. The van der Waals surface area contributed by atoms with Crippen LogP contribution in [0.15, 0.2) is 34.3 Å². The minimum Gasteiger partial charge on any atom is -0.366 e. The molecule has 0 spiro atoms. The van der Waals surface area contributed by atoms with Gasteiger partial charge in [0.1, 0.15) is 0 Å². The lowest BCUT2D eigenvalue weighted by molar-refractivity contribution is 0.1000. The topological polar surface area (TPSA) is 48.0 Å². The molecule has 3 nitrogen and oxygen atoms in total. The second kappa shape index (κ2) is 6.10. The van der Waals surface area contributed by atoms with Gasteiger partial charge in [-0.05, 0) is 54.1 Å². The van der Waals surface area contributed by atoms with Crippen molar-refractivity contribution in [3.05, 3.63) is 56.2 Å². The minimum atomic E-state index is -0.350. The lowest BCUT2D eigenvalue weighted by Crippen LogP contribution is -2.13. The highest BCUT2D eigenvalue weighted by atomic mass is 32.1. The van der Waals surface area contributed by atoms with Crippen LogP contribution in [0.25, 0.3) is 11.1 Å². The first-order valence-corrected chi connectivity index (χ1v) is 8.96. The van der Waals surface area contributed by atoms with E-state index in [-0.39, 0.29) is 5.91 Å². The van der Waals surface area contributed by atoms with Crippen LogP contribution in [0.2, 0.25) is 0 Å². The number of aryl methyl sites for hydroxylation is 1. The van der Waals surface area contributed by atoms with Crippen LogP contribution in [-0.4, -0.2) is 10.5 Å². The predicted octanol–water partition coefficient (Wildman–Crippen LogP) is 4.24. The van der Waals surface area contributed by atoms with Gasteiger partial charge >= 0.3 is 0 Å². The number of thiophene rings is 2. The summed E-state index contributed by atoms with van der Waals surface area (Å²) in [4.78, 5) is 13.3. The largest absolute Gasteiger partial charge is 0.366 e. The van der Waals surface area contributed by atoms with Crippen LogP contribution >= 0.6 is 22.7 Å². The number of nitrogens with two attached hydrogens (primary N) is 1. The van der Waals surface area contributed by atoms with Crippen LogP contribution in [0.1, 0.15) is 26.6 Å². The van der Waals surface area contributed by atoms with Gasteiger partial charge in [-0.15, -0.1) is 11.3 Å². The van der Waals surface area contributed by atoms with E-state index in [4.69, 9.17) is 5.73 Å². The van der Waals surface area contributed by atoms with E-state index in [9.17, 15) is 4.79 Å². The zero-order valence-corrected chi connectivity index (χ0v) is 14.3. The number of carbonyl (C=O) groups excluding carboxylic acids is 1. The van der Waals surface area contributed by atoms with Crippen LogP contribution in [0.4, 0.5) is 0 Å². The number of rotatable bonds is 5. The third-order valence-electron chi connectivity index (χ3n) is 4.00. The number of primary amides is 1. The first-order chi connectivity index (χ1) is 10.6. The van der Waals surface area contributed by atoms with Crippen LogP contribution in [-0.2, 0) is 13.0 Å². The van der Waals surface area contributed by atoms with Gasteiger partial charge in [-0.3, -0.25) is 4.79 Å². The second-order valence-electron chi connectivity index (χ2n) is 5.28. The van der Waals surface area contributed by atoms with E-state index >= 15 is 0 Å². The molecule has 0 fully saturated rings. The van der Waals surface area contributed by atoms with Crippen LogP contribution in [0, 0.1) is 13.8 Å². The van der Waals surface area contributed by atoms with Crippen molar-refractivity contribution >= 4 is 28.6 Å². The first-order valence-electron chi connectivity index (χ1n) is 7.14. The van der Waals surface area contributed by atoms with E-state index in [0.717, 1.165) is 35.5 Å². The summed E-state index contributed by atoms with van der Waals surface area (Å²) in [5.41, 5.74) is 10.4. The Hall–Kier alpha value is -1.85. The molecular formula is C17H18N2OS2. The maximum Gasteiger partial charge on any atom is 0.251 e. The molecule has 114 valence electrons. The Bertz CT molecular complexity index is 783. The molecule has 3 heterocycles. The van der Waals surface area contributed by atoms with Gasteiger partial charge in [0, 0.05) is 28.4 Å². The third-order valence-corrected chi connectivity index (χ3v) is 5.62. The van der Waals surface area contributed by atoms with Crippen LogP contribution in [0.5, 0.6) is 0 Å². The molecule has 22 heavy (non-hydrogen) atoms. The summed E-state index contributed by atoms with van der Waals surface area (Å²) in [6.45, 7) is 4.92. The summed E-state index contributed by atoms with van der Waals surface area (Å²) < 4.78 is 2.22. The third kappa shape index (κ3) is 2.62. The summed E-state index contributed by atoms with van der Waals surface area (Å²) in [6, 6.07) is 6.26. The van der Waals surface area contributed by atoms with Crippen molar-refractivity contribution in [2.45, 2.75) is 26.8 Å². The van der Waals surface area contributed by atoms with Crippen LogP contribution < -0.4 is 5.73 Å². The Morgan fingerprint density at radius 2 is 2.05 bits per heavy atom. The zero-order chi connectivity index (χ0) is 15.7. The molecule has 0 aliphatic heterocycles. The number of aromatic nitrogens is 1. The normalized spacial score (nSPS) is 11.0.